The van der Waals surface area contributed by atoms with Crippen LogP contribution < -0.4 is 18.9 Å². The zero-order valence-electron chi connectivity index (χ0n) is 5.98. The fourth-order valence-corrected chi connectivity index (χ4v) is 0.402. The first-order valence-corrected chi connectivity index (χ1v) is 2.71. The van der Waals surface area contributed by atoms with Gasteiger partial charge in [-0.1, -0.05) is 19.4 Å². The molecule has 0 aliphatic carbocycles. The Kier molecular flexibility index (Phi) is 10.3. The maximum Gasteiger partial charge on any atom is 1.00 e. The van der Waals surface area contributed by atoms with E-state index in [4.69, 9.17) is 0 Å². The predicted molar refractivity (Wildman–Crippen MR) is 34.0 cm³/mol. The zero-order chi connectivity index (χ0) is 5.70. The molecule has 0 saturated carbocycles. The molecular formula is C7H13Li. The standard InChI is InChI=1S/C7H13.Li/c1-4-5-6-7(2)3;/h4,7H,1-2,5-6H2,3H3;/q-1;+1. The molecule has 0 saturated heterocycles. The van der Waals surface area contributed by atoms with Gasteiger partial charge >= 0.3 is 18.9 Å². The van der Waals surface area contributed by atoms with E-state index in [1.54, 1.807) is 0 Å². The van der Waals surface area contributed by atoms with Crippen molar-refractivity contribution >= 4 is 0 Å². The molecule has 0 aromatic carbocycles. The summed E-state index contributed by atoms with van der Waals surface area (Å²) in [6.07, 6.45) is 4.20. The number of rotatable bonds is 3. The third-order valence-corrected chi connectivity index (χ3v) is 0.864. The molecule has 42 valence electrons. The first-order chi connectivity index (χ1) is 3.27. The van der Waals surface area contributed by atoms with Crippen LogP contribution in [0.2, 0.25) is 0 Å². The molecule has 0 aromatic rings. The second kappa shape index (κ2) is 7.34. The molecule has 1 unspecified atom stereocenters. The number of allylic oxidation sites excluding steroid dienone is 1. The Balaban J connectivity index is 0. The van der Waals surface area contributed by atoms with Crippen molar-refractivity contribution < 1.29 is 18.9 Å². The van der Waals surface area contributed by atoms with Crippen molar-refractivity contribution in [1.29, 1.82) is 0 Å². The maximum absolute atomic E-state index is 3.83. The summed E-state index contributed by atoms with van der Waals surface area (Å²) in [6, 6.07) is 0. The van der Waals surface area contributed by atoms with Gasteiger partial charge < -0.3 is 6.92 Å². The van der Waals surface area contributed by atoms with Gasteiger partial charge in [-0.15, -0.1) is 6.58 Å². The van der Waals surface area contributed by atoms with E-state index < -0.39 is 0 Å². The predicted octanol–water partition coefficient (Wildman–Crippen LogP) is -0.573. The van der Waals surface area contributed by atoms with Crippen LogP contribution in [0.3, 0.4) is 0 Å². The van der Waals surface area contributed by atoms with E-state index in [-0.39, 0.29) is 18.9 Å². The van der Waals surface area contributed by atoms with Crippen molar-refractivity contribution in [3.63, 3.8) is 0 Å². The first-order valence-electron chi connectivity index (χ1n) is 2.71. The normalized spacial score (nSPS) is 11.8. The molecule has 0 radical (unpaired) electrons. The second-order valence-corrected chi connectivity index (χ2v) is 1.97. The van der Waals surface area contributed by atoms with Crippen LogP contribution in [-0.4, -0.2) is 0 Å². The molecule has 0 rings (SSSR count). The zero-order valence-corrected chi connectivity index (χ0v) is 5.98. The summed E-state index contributed by atoms with van der Waals surface area (Å²) in [5.41, 5.74) is 0. The van der Waals surface area contributed by atoms with E-state index >= 15 is 0 Å². The molecule has 1 heteroatoms. The average molecular weight is 104 g/mol. The topological polar surface area (TPSA) is 0 Å². The monoisotopic (exact) mass is 104 g/mol. The van der Waals surface area contributed by atoms with Crippen LogP contribution in [0.4, 0.5) is 0 Å². The quantitative estimate of drug-likeness (QED) is 0.255. The molecule has 0 N–H and O–H groups in total. The van der Waals surface area contributed by atoms with Gasteiger partial charge in [0.15, 0.2) is 0 Å². The molecule has 0 spiro atoms. The number of hydrogen-bond acceptors (Lipinski definition) is 0. The SMILES string of the molecule is C=CCCC([CH2-])C.[Li+]. The maximum atomic E-state index is 3.83. The molecule has 0 heterocycles. The summed E-state index contributed by atoms with van der Waals surface area (Å²) in [5, 5.41) is 0. The molecule has 0 aromatic heterocycles. The van der Waals surface area contributed by atoms with Gasteiger partial charge in [0.2, 0.25) is 0 Å². The van der Waals surface area contributed by atoms with Crippen molar-refractivity contribution in [3.8, 4) is 0 Å². The summed E-state index contributed by atoms with van der Waals surface area (Å²) in [5.74, 6) is 0.581. The van der Waals surface area contributed by atoms with Gasteiger partial charge in [-0.2, -0.15) is 5.92 Å². The molecule has 8 heavy (non-hydrogen) atoms. The second-order valence-electron chi connectivity index (χ2n) is 1.97. The van der Waals surface area contributed by atoms with E-state index in [0.717, 1.165) is 6.42 Å². The van der Waals surface area contributed by atoms with Gasteiger partial charge in [0.1, 0.15) is 0 Å². The van der Waals surface area contributed by atoms with Gasteiger partial charge in [-0.3, -0.25) is 0 Å². The minimum Gasteiger partial charge on any atom is -0.341 e. The molecule has 0 bridgehead atoms. The molecule has 0 aliphatic heterocycles. The van der Waals surface area contributed by atoms with Crippen molar-refractivity contribution in [2.45, 2.75) is 19.8 Å². The van der Waals surface area contributed by atoms with Crippen LogP contribution in [0.1, 0.15) is 19.8 Å². The van der Waals surface area contributed by atoms with Crippen molar-refractivity contribution in [1.82, 2.24) is 0 Å². The smallest absolute Gasteiger partial charge is 0.341 e. The summed E-state index contributed by atoms with van der Waals surface area (Å²) < 4.78 is 0. The molecule has 1 atom stereocenters. The van der Waals surface area contributed by atoms with E-state index in [1.807, 2.05) is 6.08 Å². The Bertz CT molecular complexity index is 48.3. The van der Waals surface area contributed by atoms with Gasteiger partial charge in [-0.05, 0) is 6.42 Å². The molecule has 0 amide bonds. The largest absolute Gasteiger partial charge is 1.00 e. The Morgan fingerprint density at radius 2 is 2.25 bits per heavy atom. The van der Waals surface area contributed by atoms with Crippen LogP contribution in [0.15, 0.2) is 12.7 Å². The first kappa shape index (κ1) is 11.2. The van der Waals surface area contributed by atoms with Gasteiger partial charge in [0, 0.05) is 0 Å². The fraction of sp³-hybridized carbons (Fsp3) is 0.571. The molecule has 0 nitrogen and oxygen atoms in total. The van der Waals surface area contributed by atoms with E-state index in [0.29, 0.717) is 5.92 Å². The molecule has 0 aliphatic rings. The van der Waals surface area contributed by atoms with Crippen LogP contribution in [0, 0.1) is 12.8 Å². The van der Waals surface area contributed by atoms with Crippen LogP contribution >= 0.6 is 0 Å². The van der Waals surface area contributed by atoms with Crippen molar-refractivity contribution in [2.24, 2.45) is 5.92 Å². The van der Waals surface area contributed by atoms with Crippen LogP contribution in [0.25, 0.3) is 0 Å². The molecule has 0 fully saturated rings. The van der Waals surface area contributed by atoms with Crippen LogP contribution in [0.5, 0.6) is 0 Å². The summed E-state index contributed by atoms with van der Waals surface area (Å²) in [6.45, 7) is 9.55. The number of hydrogen-bond donors (Lipinski definition) is 0. The molecular weight excluding hydrogens is 91.0 g/mol. The van der Waals surface area contributed by atoms with Gasteiger partial charge in [0.05, 0.1) is 0 Å². The van der Waals surface area contributed by atoms with E-state index in [9.17, 15) is 0 Å². The average Bonchev–Trinajstić information content (AvgIpc) is 1.61. The van der Waals surface area contributed by atoms with Crippen LogP contribution in [-0.2, 0) is 0 Å². The summed E-state index contributed by atoms with van der Waals surface area (Å²) in [7, 11) is 0. The fourth-order valence-electron chi connectivity index (χ4n) is 0.402. The minimum absolute atomic E-state index is 0. The van der Waals surface area contributed by atoms with Crippen molar-refractivity contribution in [2.75, 3.05) is 0 Å². The Labute approximate surface area is 64.5 Å². The van der Waals surface area contributed by atoms with Crippen molar-refractivity contribution in [3.05, 3.63) is 19.6 Å². The minimum atomic E-state index is 0. The van der Waals surface area contributed by atoms with Gasteiger partial charge in [0.25, 0.3) is 0 Å². The summed E-state index contributed by atoms with van der Waals surface area (Å²) >= 11 is 0. The van der Waals surface area contributed by atoms with Gasteiger partial charge in [-0.25, -0.2) is 0 Å². The Hall–Kier alpha value is 0.337. The Morgan fingerprint density at radius 1 is 1.75 bits per heavy atom. The summed E-state index contributed by atoms with van der Waals surface area (Å²) in [4.78, 5) is 0. The van der Waals surface area contributed by atoms with E-state index in [1.165, 1.54) is 6.42 Å². The van der Waals surface area contributed by atoms with E-state index in [2.05, 4.69) is 20.4 Å². The third kappa shape index (κ3) is 9.60. The third-order valence-electron chi connectivity index (χ3n) is 0.864. The Morgan fingerprint density at radius 3 is 2.38 bits per heavy atom.